The lowest BCUT2D eigenvalue weighted by Gasteiger charge is -2.05. The van der Waals surface area contributed by atoms with Crippen molar-refractivity contribution in [3.05, 3.63) is 64.7 Å². The molecule has 0 spiro atoms. The lowest BCUT2D eigenvalue weighted by atomic mass is 10.0. The molecule has 1 heterocycles. The van der Waals surface area contributed by atoms with Gasteiger partial charge in [-0.1, -0.05) is 6.07 Å². The number of halogens is 1. The summed E-state index contributed by atoms with van der Waals surface area (Å²) in [6, 6.07) is 8.18. The number of aryl methyl sites for hydroxylation is 2. The van der Waals surface area contributed by atoms with Crippen LogP contribution >= 0.6 is 0 Å². The third kappa shape index (κ3) is 2.62. The summed E-state index contributed by atoms with van der Waals surface area (Å²) in [4.78, 5) is 16.3. The summed E-state index contributed by atoms with van der Waals surface area (Å²) in [5.74, 6) is -0.333. The molecule has 0 bridgehead atoms. The SMILES string of the molecule is Cc1cc(C(=O)Cc2ncccc2C)ccc1F. The molecule has 18 heavy (non-hydrogen) atoms. The molecule has 0 aliphatic rings. The number of ketones is 1. The minimum absolute atomic E-state index is 0.0418. The number of benzene rings is 1. The molecule has 92 valence electrons. The van der Waals surface area contributed by atoms with Crippen LogP contribution in [0.1, 0.15) is 27.2 Å². The molecule has 0 N–H and O–H groups in total. The highest BCUT2D eigenvalue weighted by atomic mass is 19.1. The number of carbonyl (C=O) groups excluding carboxylic acids is 1. The number of aromatic nitrogens is 1. The van der Waals surface area contributed by atoms with E-state index in [4.69, 9.17) is 0 Å². The highest BCUT2D eigenvalue weighted by molar-refractivity contribution is 5.97. The van der Waals surface area contributed by atoms with E-state index in [2.05, 4.69) is 4.98 Å². The van der Waals surface area contributed by atoms with Crippen molar-refractivity contribution in [2.24, 2.45) is 0 Å². The van der Waals surface area contributed by atoms with E-state index in [-0.39, 0.29) is 18.0 Å². The summed E-state index contributed by atoms with van der Waals surface area (Å²) >= 11 is 0. The molecule has 2 aromatic rings. The Hall–Kier alpha value is -2.03. The molecule has 0 unspecified atom stereocenters. The molecule has 0 aliphatic heterocycles. The predicted molar refractivity (Wildman–Crippen MR) is 68.1 cm³/mol. The van der Waals surface area contributed by atoms with Gasteiger partial charge in [0.15, 0.2) is 5.78 Å². The number of carbonyl (C=O) groups is 1. The van der Waals surface area contributed by atoms with Crippen LogP contribution in [0.2, 0.25) is 0 Å². The van der Waals surface area contributed by atoms with Crippen LogP contribution in [0.4, 0.5) is 4.39 Å². The van der Waals surface area contributed by atoms with Crippen molar-refractivity contribution in [3.8, 4) is 0 Å². The number of pyridine rings is 1. The first-order chi connectivity index (χ1) is 8.58. The van der Waals surface area contributed by atoms with Crippen molar-refractivity contribution in [3.63, 3.8) is 0 Å². The molecule has 1 aromatic carbocycles. The molecule has 0 aliphatic carbocycles. The standard InChI is InChI=1S/C15H14FNO/c1-10-4-3-7-17-14(10)9-15(18)12-5-6-13(16)11(2)8-12/h3-8H,9H2,1-2H3. The summed E-state index contributed by atoms with van der Waals surface area (Å²) in [7, 11) is 0. The molecule has 2 nitrogen and oxygen atoms in total. The monoisotopic (exact) mass is 243 g/mol. The summed E-state index contributed by atoms with van der Waals surface area (Å²) in [5, 5.41) is 0. The maximum atomic E-state index is 13.1. The van der Waals surface area contributed by atoms with Gasteiger partial charge in [-0.15, -0.1) is 0 Å². The number of nitrogens with zero attached hydrogens (tertiary/aromatic N) is 1. The van der Waals surface area contributed by atoms with Gasteiger partial charge in [0.1, 0.15) is 5.82 Å². The van der Waals surface area contributed by atoms with Crippen LogP contribution in [-0.4, -0.2) is 10.8 Å². The summed E-state index contributed by atoms with van der Waals surface area (Å²) in [6.45, 7) is 3.57. The molecule has 0 amide bonds. The van der Waals surface area contributed by atoms with Gasteiger partial charge in [-0.05, 0) is 49.2 Å². The number of hydrogen-bond acceptors (Lipinski definition) is 2. The predicted octanol–water partition coefficient (Wildman–Crippen LogP) is 3.26. The van der Waals surface area contributed by atoms with Crippen LogP contribution in [0.15, 0.2) is 36.5 Å². The van der Waals surface area contributed by atoms with E-state index in [0.29, 0.717) is 11.1 Å². The van der Waals surface area contributed by atoms with Crippen LogP contribution in [0.3, 0.4) is 0 Å². The second-order valence-electron chi connectivity index (χ2n) is 4.33. The lowest BCUT2D eigenvalue weighted by molar-refractivity contribution is 0.0991. The first-order valence-corrected chi connectivity index (χ1v) is 5.78. The summed E-state index contributed by atoms with van der Waals surface area (Å²) in [6.07, 6.45) is 1.92. The van der Waals surface area contributed by atoms with Crippen molar-refractivity contribution in [1.29, 1.82) is 0 Å². The zero-order valence-electron chi connectivity index (χ0n) is 10.4. The van der Waals surface area contributed by atoms with Crippen molar-refractivity contribution in [2.75, 3.05) is 0 Å². The molecule has 0 fully saturated rings. The lowest BCUT2D eigenvalue weighted by Crippen LogP contribution is -2.07. The molecule has 0 saturated heterocycles. The number of Topliss-reactive ketones (excluding diaryl/α,β-unsaturated/α-hetero) is 1. The second kappa shape index (κ2) is 5.08. The number of hydrogen-bond donors (Lipinski definition) is 0. The van der Waals surface area contributed by atoms with E-state index >= 15 is 0 Å². The molecular weight excluding hydrogens is 229 g/mol. The van der Waals surface area contributed by atoms with E-state index in [1.807, 2.05) is 19.1 Å². The van der Waals surface area contributed by atoms with Gasteiger partial charge in [0.05, 0.1) is 12.1 Å². The Morgan fingerprint density at radius 3 is 2.67 bits per heavy atom. The van der Waals surface area contributed by atoms with Crippen molar-refractivity contribution < 1.29 is 9.18 Å². The Kier molecular flexibility index (Phi) is 3.51. The zero-order valence-corrected chi connectivity index (χ0v) is 10.4. The smallest absolute Gasteiger partial charge is 0.168 e. The van der Waals surface area contributed by atoms with Gasteiger partial charge in [0, 0.05) is 11.8 Å². The minimum Gasteiger partial charge on any atom is -0.294 e. The molecular formula is C15H14FNO. The van der Waals surface area contributed by atoms with E-state index in [0.717, 1.165) is 11.3 Å². The Morgan fingerprint density at radius 1 is 1.22 bits per heavy atom. The maximum absolute atomic E-state index is 13.1. The van der Waals surface area contributed by atoms with Crippen LogP contribution in [0, 0.1) is 19.7 Å². The van der Waals surface area contributed by atoms with Gasteiger partial charge in [0.25, 0.3) is 0 Å². The molecule has 1 aromatic heterocycles. The van der Waals surface area contributed by atoms with Crippen molar-refractivity contribution in [2.45, 2.75) is 20.3 Å². The van der Waals surface area contributed by atoms with Crippen LogP contribution < -0.4 is 0 Å². The maximum Gasteiger partial charge on any atom is 0.168 e. The van der Waals surface area contributed by atoms with Crippen LogP contribution in [0.5, 0.6) is 0 Å². The summed E-state index contributed by atoms with van der Waals surface area (Å²) in [5.41, 5.74) is 2.77. The zero-order chi connectivity index (χ0) is 13.1. The first kappa shape index (κ1) is 12.4. The van der Waals surface area contributed by atoms with E-state index in [1.54, 1.807) is 19.2 Å². The number of rotatable bonds is 3. The quantitative estimate of drug-likeness (QED) is 0.774. The Labute approximate surface area is 105 Å². The largest absolute Gasteiger partial charge is 0.294 e. The van der Waals surface area contributed by atoms with Gasteiger partial charge in [0.2, 0.25) is 0 Å². The molecule has 0 atom stereocenters. The van der Waals surface area contributed by atoms with Crippen molar-refractivity contribution >= 4 is 5.78 Å². The fourth-order valence-corrected chi connectivity index (χ4v) is 1.78. The average Bonchev–Trinajstić information content (AvgIpc) is 2.35. The Morgan fingerprint density at radius 2 is 2.00 bits per heavy atom. The van der Waals surface area contributed by atoms with E-state index in [1.165, 1.54) is 12.1 Å². The molecule has 2 rings (SSSR count). The van der Waals surface area contributed by atoms with Crippen LogP contribution in [0.25, 0.3) is 0 Å². The van der Waals surface area contributed by atoms with Gasteiger partial charge in [-0.2, -0.15) is 0 Å². The van der Waals surface area contributed by atoms with Crippen LogP contribution in [-0.2, 0) is 6.42 Å². The third-order valence-electron chi connectivity index (χ3n) is 2.93. The highest BCUT2D eigenvalue weighted by Gasteiger charge is 2.11. The fourth-order valence-electron chi connectivity index (χ4n) is 1.78. The second-order valence-corrected chi connectivity index (χ2v) is 4.33. The third-order valence-corrected chi connectivity index (χ3v) is 2.93. The first-order valence-electron chi connectivity index (χ1n) is 5.78. The van der Waals surface area contributed by atoms with Gasteiger partial charge < -0.3 is 0 Å². The average molecular weight is 243 g/mol. The van der Waals surface area contributed by atoms with Crippen molar-refractivity contribution in [1.82, 2.24) is 4.98 Å². The Balaban J connectivity index is 2.22. The highest BCUT2D eigenvalue weighted by Crippen LogP contribution is 2.13. The van der Waals surface area contributed by atoms with E-state index in [9.17, 15) is 9.18 Å². The van der Waals surface area contributed by atoms with Gasteiger partial charge >= 0.3 is 0 Å². The van der Waals surface area contributed by atoms with Gasteiger partial charge in [-0.3, -0.25) is 9.78 Å². The van der Waals surface area contributed by atoms with Gasteiger partial charge in [-0.25, -0.2) is 4.39 Å². The fraction of sp³-hybridized carbons (Fsp3) is 0.200. The normalized spacial score (nSPS) is 10.4. The molecule has 0 saturated carbocycles. The Bertz CT molecular complexity index is 593. The molecule has 3 heteroatoms. The minimum atomic E-state index is -0.291. The topological polar surface area (TPSA) is 30.0 Å². The summed E-state index contributed by atoms with van der Waals surface area (Å²) < 4.78 is 13.1. The van der Waals surface area contributed by atoms with E-state index < -0.39 is 0 Å². The molecule has 0 radical (unpaired) electrons.